The highest BCUT2D eigenvalue weighted by atomic mass is 19.1. The quantitative estimate of drug-likeness (QED) is 0.219. The first-order chi connectivity index (χ1) is 18.6. The summed E-state index contributed by atoms with van der Waals surface area (Å²) in [6.07, 6.45) is 5.18. The van der Waals surface area contributed by atoms with Crippen LogP contribution in [-0.4, -0.2) is 25.0 Å². The molecule has 0 bridgehead atoms. The number of hydrogen-bond acceptors (Lipinski definition) is 8. The summed E-state index contributed by atoms with van der Waals surface area (Å²) in [4.78, 5) is 16.8. The van der Waals surface area contributed by atoms with Crippen molar-refractivity contribution < 1.29 is 9.50 Å². The Bertz CT molecular complexity index is 1570. The lowest BCUT2D eigenvalue weighted by Gasteiger charge is -2.08. The number of hydrogen-bond donors (Lipinski definition) is 2. The second kappa shape index (κ2) is 11.3. The molecule has 0 atom stereocenters. The second-order valence-electron chi connectivity index (χ2n) is 8.45. The smallest absolute Gasteiger partial charge is 0.269 e. The summed E-state index contributed by atoms with van der Waals surface area (Å²) in [7, 11) is 0. The predicted octanol–water partition coefficient (Wildman–Crippen LogP) is 7.04. The van der Waals surface area contributed by atoms with Gasteiger partial charge in [-0.05, 0) is 66.1 Å². The SMILES string of the molecule is CCc1cc(-c2nc(N=NCc3ccc(Nc4ccc(-c5cccc(O)c5)cc4)cn3)ncc2F)ccn1. The molecule has 0 aliphatic carbocycles. The number of aryl methyl sites for hydroxylation is 1. The maximum atomic E-state index is 14.3. The molecule has 0 amide bonds. The van der Waals surface area contributed by atoms with Crippen LogP contribution >= 0.6 is 0 Å². The Morgan fingerprint density at radius 2 is 1.66 bits per heavy atom. The first-order valence-electron chi connectivity index (χ1n) is 12.0. The minimum atomic E-state index is -0.532. The topological polar surface area (TPSA) is 109 Å². The average molecular weight is 506 g/mol. The van der Waals surface area contributed by atoms with Crippen LogP contribution in [0.3, 0.4) is 0 Å². The van der Waals surface area contributed by atoms with Gasteiger partial charge in [0.25, 0.3) is 5.95 Å². The molecule has 38 heavy (non-hydrogen) atoms. The fourth-order valence-corrected chi connectivity index (χ4v) is 3.79. The number of pyridine rings is 2. The van der Waals surface area contributed by atoms with Crippen molar-refractivity contribution in [2.45, 2.75) is 19.9 Å². The number of halogens is 1. The van der Waals surface area contributed by atoms with Crippen LogP contribution in [0.15, 0.2) is 102 Å². The third-order valence-electron chi connectivity index (χ3n) is 5.75. The van der Waals surface area contributed by atoms with Crippen molar-refractivity contribution in [1.29, 1.82) is 0 Å². The van der Waals surface area contributed by atoms with Gasteiger partial charge in [-0.2, -0.15) is 5.11 Å². The van der Waals surface area contributed by atoms with Crippen molar-refractivity contribution in [2.24, 2.45) is 10.2 Å². The molecule has 5 aromatic rings. The van der Waals surface area contributed by atoms with Gasteiger partial charge in [-0.25, -0.2) is 14.4 Å². The fraction of sp³-hybridized carbons (Fsp3) is 0.103. The van der Waals surface area contributed by atoms with Crippen molar-refractivity contribution in [1.82, 2.24) is 19.9 Å². The van der Waals surface area contributed by atoms with Crippen LogP contribution in [0.1, 0.15) is 18.3 Å². The molecule has 3 aromatic heterocycles. The summed E-state index contributed by atoms with van der Waals surface area (Å²) < 4.78 is 14.3. The van der Waals surface area contributed by atoms with Crippen LogP contribution < -0.4 is 5.32 Å². The van der Waals surface area contributed by atoms with Gasteiger partial charge < -0.3 is 10.4 Å². The number of benzene rings is 2. The molecule has 0 radical (unpaired) electrons. The van der Waals surface area contributed by atoms with Crippen molar-refractivity contribution in [2.75, 3.05) is 5.32 Å². The number of anilines is 2. The third-order valence-corrected chi connectivity index (χ3v) is 5.75. The van der Waals surface area contributed by atoms with E-state index in [1.54, 1.807) is 36.7 Å². The van der Waals surface area contributed by atoms with Crippen molar-refractivity contribution >= 4 is 17.3 Å². The first kappa shape index (κ1) is 24.6. The van der Waals surface area contributed by atoms with Crippen LogP contribution in [-0.2, 0) is 13.0 Å². The summed E-state index contributed by atoms with van der Waals surface area (Å²) in [5.41, 5.74) is 6.02. The van der Waals surface area contributed by atoms with E-state index in [0.29, 0.717) is 11.3 Å². The normalized spacial score (nSPS) is 11.1. The zero-order valence-electron chi connectivity index (χ0n) is 20.6. The van der Waals surface area contributed by atoms with E-state index in [1.165, 1.54) is 0 Å². The standard InChI is InChI=1S/C29H24FN7O/c1-2-22-14-21(12-13-31-22)28-27(30)18-33-29(36-28)37-34-17-24-10-11-25(16-32-24)35-23-8-6-19(7-9-23)20-4-3-5-26(38)15-20/h3-16,18,35,38H,2,17H2,1H3. The zero-order chi connectivity index (χ0) is 26.3. The van der Waals surface area contributed by atoms with Gasteiger partial charge >= 0.3 is 0 Å². The van der Waals surface area contributed by atoms with Gasteiger partial charge in [0, 0.05) is 23.1 Å². The van der Waals surface area contributed by atoms with E-state index in [9.17, 15) is 9.50 Å². The van der Waals surface area contributed by atoms with Gasteiger partial charge in [-0.1, -0.05) is 31.2 Å². The highest BCUT2D eigenvalue weighted by Gasteiger charge is 2.10. The van der Waals surface area contributed by atoms with E-state index >= 15 is 0 Å². The minimum absolute atomic E-state index is 0.0729. The molecular weight excluding hydrogens is 481 g/mol. The molecular formula is C29H24FN7O. The Morgan fingerprint density at radius 3 is 2.42 bits per heavy atom. The highest BCUT2D eigenvalue weighted by Crippen LogP contribution is 2.26. The Kier molecular flexibility index (Phi) is 7.35. The number of aromatic nitrogens is 4. The van der Waals surface area contributed by atoms with Gasteiger partial charge in [0.05, 0.1) is 23.8 Å². The molecule has 0 saturated carbocycles. The van der Waals surface area contributed by atoms with Crippen LogP contribution in [0.2, 0.25) is 0 Å². The van der Waals surface area contributed by atoms with E-state index in [2.05, 4.69) is 35.5 Å². The first-order valence-corrected chi connectivity index (χ1v) is 12.0. The maximum Gasteiger partial charge on any atom is 0.269 e. The lowest BCUT2D eigenvalue weighted by molar-refractivity contribution is 0.475. The van der Waals surface area contributed by atoms with Crippen LogP contribution in [0.5, 0.6) is 5.75 Å². The van der Waals surface area contributed by atoms with Crippen LogP contribution in [0, 0.1) is 5.82 Å². The molecule has 5 rings (SSSR count). The number of rotatable bonds is 8. The van der Waals surface area contributed by atoms with E-state index in [1.807, 2.05) is 55.5 Å². The van der Waals surface area contributed by atoms with Gasteiger partial charge in [0.1, 0.15) is 18.0 Å². The molecule has 0 saturated heterocycles. The molecule has 0 fully saturated rings. The summed E-state index contributed by atoms with van der Waals surface area (Å²) in [5.74, 6) is -0.222. The Balaban J connectivity index is 1.21. The van der Waals surface area contributed by atoms with Crippen molar-refractivity contribution in [3.8, 4) is 28.1 Å². The lowest BCUT2D eigenvalue weighted by Crippen LogP contribution is -1.95. The molecule has 9 heteroatoms. The minimum Gasteiger partial charge on any atom is -0.508 e. The number of nitrogens with zero attached hydrogens (tertiary/aromatic N) is 6. The monoisotopic (exact) mass is 505 g/mol. The zero-order valence-corrected chi connectivity index (χ0v) is 20.6. The summed E-state index contributed by atoms with van der Waals surface area (Å²) in [6.45, 7) is 2.21. The van der Waals surface area contributed by atoms with Crippen molar-refractivity contribution in [3.63, 3.8) is 0 Å². The number of azo groups is 1. The fourth-order valence-electron chi connectivity index (χ4n) is 3.79. The maximum absolute atomic E-state index is 14.3. The molecule has 0 spiro atoms. The molecule has 2 N–H and O–H groups in total. The Morgan fingerprint density at radius 1 is 0.816 bits per heavy atom. The van der Waals surface area contributed by atoms with E-state index in [4.69, 9.17) is 0 Å². The van der Waals surface area contributed by atoms with E-state index in [-0.39, 0.29) is 23.9 Å². The van der Waals surface area contributed by atoms with Crippen LogP contribution in [0.25, 0.3) is 22.4 Å². The van der Waals surface area contributed by atoms with Crippen molar-refractivity contribution in [3.05, 3.63) is 109 Å². The Labute approximate surface area is 219 Å². The van der Waals surface area contributed by atoms with Gasteiger partial charge in [-0.3, -0.25) is 9.97 Å². The average Bonchev–Trinajstić information content (AvgIpc) is 2.95. The number of aromatic hydroxyl groups is 1. The molecule has 0 aliphatic heterocycles. The summed E-state index contributed by atoms with van der Waals surface area (Å²) >= 11 is 0. The van der Waals surface area contributed by atoms with E-state index < -0.39 is 5.82 Å². The van der Waals surface area contributed by atoms with Crippen LogP contribution in [0.4, 0.5) is 21.7 Å². The lowest BCUT2D eigenvalue weighted by atomic mass is 10.1. The molecule has 188 valence electrons. The number of phenolic OH excluding ortho intramolecular Hbond substituents is 1. The van der Waals surface area contributed by atoms with Gasteiger partial charge in [-0.15, -0.1) is 5.11 Å². The molecule has 0 unspecified atom stereocenters. The number of nitrogens with one attached hydrogen (secondary N) is 1. The Hall–Kier alpha value is -5.05. The second-order valence-corrected chi connectivity index (χ2v) is 8.45. The summed E-state index contributed by atoms with van der Waals surface area (Å²) in [5, 5.41) is 21.2. The largest absolute Gasteiger partial charge is 0.508 e. The predicted molar refractivity (Wildman–Crippen MR) is 144 cm³/mol. The molecule has 0 aliphatic rings. The summed E-state index contributed by atoms with van der Waals surface area (Å²) in [6, 6.07) is 22.3. The van der Waals surface area contributed by atoms with E-state index in [0.717, 1.165) is 40.8 Å². The molecule has 3 heterocycles. The molecule has 8 nitrogen and oxygen atoms in total. The number of phenols is 1. The van der Waals surface area contributed by atoms with Gasteiger partial charge in [0.2, 0.25) is 0 Å². The highest BCUT2D eigenvalue weighted by molar-refractivity contribution is 5.69. The third kappa shape index (κ3) is 6.01. The molecule has 2 aromatic carbocycles. The van der Waals surface area contributed by atoms with Gasteiger partial charge in [0.15, 0.2) is 5.82 Å².